The van der Waals surface area contributed by atoms with E-state index in [4.69, 9.17) is 10.5 Å². The fourth-order valence-electron chi connectivity index (χ4n) is 2.23. The topological polar surface area (TPSA) is 75.8 Å². The summed E-state index contributed by atoms with van der Waals surface area (Å²) in [6, 6.07) is 6.98. The second-order valence-electron chi connectivity index (χ2n) is 4.81. The molecule has 0 spiro atoms. The highest BCUT2D eigenvalue weighted by atomic mass is 16.5. The lowest BCUT2D eigenvalue weighted by Gasteiger charge is -2.32. The number of benzene rings is 1. The Kier molecular flexibility index (Phi) is 4.76. The van der Waals surface area contributed by atoms with Crippen LogP contribution in [0.25, 0.3) is 0 Å². The van der Waals surface area contributed by atoms with Gasteiger partial charge in [0.2, 0.25) is 5.91 Å². The molecule has 0 saturated carbocycles. The Morgan fingerprint density at radius 1 is 1.47 bits per heavy atom. The zero-order valence-electron chi connectivity index (χ0n) is 10.9. The van der Waals surface area contributed by atoms with Crippen molar-refractivity contribution in [2.75, 3.05) is 19.7 Å². The van der Waals surface area contributed by atoms with Crippen molar-refractivity contribution < 1.29 is 14.6 Å². The third-order valence-electron chi connectivity index (χ3n) is 3.23. The second-order valence-corrected chi connectivity index (χ2v) is 4.81. The smallest absolute Gasteiger partial charge is 0.248 e. The highest BCUT2D eigenvalue weighted by molar-refractivity contribution is 5.78. The predicted octanol–water partition coefficient (Wildman–Crippen LogP) is 0.858. The molecule has 1 amide bonds. The van der Waals surface area contributed by atoms with Gasteiger partial charge in [-0.05, 0) is 37.1 Å². The first-order chi connectivity index (χ1) is 9.19. The van der Waals surface area contributed by atoms with E-state index in [0.717, 1.165) is 18.4 Å². The van der Waals surface area contributed by atoms with Crippen molar-refractivity contribution in [1.29, 1.82) is 0 Å². The van der Waals surface area contributed by atoms with Gasteiger partial charge < -0.3 is 20.5 Å². The van der Waals surface area contributed by atoms with Crippen molar-refractivity contribution in [2.45, 2.75) is 25.5 Å². The van der Waals surface area contributed by atoms with Gasteiger partial charge in [-0.15, -0.1) is 0 Å². The van der Waals surface area contributed by atoms with Gasteiger partial charge in [0.15, 0.2) is 0 Å². The zero-order chi connectivity index (χ0) is 13.7. The number of aromatic hydroxyl groups is 1. The Bertz CT molecular complexity index is 436. The summed E-state index contributed by atoms with van der Waals surface area (Å²) in [5.41, 5.74) is 6.41. The Hall–Kier alpha value is -1.59. The minimum absolute atomic E-state index is 0.00709. The highest BCUT2D eigenvalue weighted by Crippen LogP contribution is 2.17. The van der Waals surface area contributed by atoms with Crippen LogP contribution in [0.15, 0.2) is 24.3 Å². The van der Waals surface area contributed by atoms with E-state index in [1.807, 2.05) is 6.07 Å². The molecule has 2 rings (SSSR count). The van der Waals surface area contributed by atoms with Gasteiger partial charge >= 0.3 is 0 Å². The number of ether oxygens (including phenoxy) is 1. The van der Waals surface area contributed by atoms with Gasteiger partial charge in [-0.25, -0.2) is 0 Å². The number of phenolic OH excluding ortho intramolecular Hbond substituents is 1. The third-order valence-corrected chi connectivity index (χ3v) is 3.23. The Morgan fingerprint density at radius 2 is 2.32 bits per heavy atom. The van der Waals surface area contributed by atoms with Crippen molar-refractivity contribution in [3.63, 3.8) is 0 Å². The van der Waals surface area contributed by atoms with Gasteiger partial charge in [-0.2, -0.15) is 0 Å². The summed E-state index contributed by atoms with van der Waals surface area (Å²) in [6.07, 6.45) is 1.85. The maximum Gasteiger partial charge on any atom is 0.248 e. The van der Waals surface area contributed by atoms with E-state index in [0.29, 0.717) is 19.6 Å². The maximum atomic E-state index is 11.8. The van der Waals surface area contributed by atoms with Crippen LogP contribution in [-0.4, -0.2) is 41.7 Å². The van der Waals surface area contributed by atoms with Crippen molar-refractivity contribution in [3.05, 3.63) is 29.8 Å². The third kappa shape index (κ3) is 3.94. The molecule has 1 aromatic rings. The number of nitrogens with two attached hydrogens (primary N) is 1. The minimum Gasteiger partial charge on any atom is -0.508 e. The molecule has 1 saturated heterocycles. The fraction of sp³-hybridized carbons (Fsp3) is 0.500. The summed E-state index contributed by atoms with van der Waals surface area (Å²) in [6.45, 7) is 1.87. The van der Waals surface area contributed by atoms with Crippen LogP contribution in [0, 0.1) is 0 Å². The Morgan fingerprint density at radius 3 is 3.05 bits per heavy atom. The molecule has 0 radical (unpaired) electrons. The number of hydrogen-bond donors (Lipinski definition) is 2. The number of morpholine rings is 1. The lowest BCUT2D eigenvalue weighted by Crippen LogP contribution is -2.46. The Balaban J connectivity index is 1.95. The molecule has 0 aromatic heterocycles. The van der Waals surface area contributed by atoms with E-state index in [9.17, 15) is 9.90 Å². The number of amides is 1. The lowest BCUT2D eigenvalue weighted by molar-refractivity contribution is -0.150. The van der Waals surface area contributed by atoms with Gasteiger partial charge in [0.25, 0.3) is 0 Å². The van der Waals surface area contributed by atoms with Gasteiger partial charge in [-0.1, -0.05) is 12.1 Å². The number of carbonyl (C=O) groups is 1. The molecule has 1 aliphatic heterocycles. The zero-order valence-corrected chi connectivity index (χ0v) is 10.9. The molecule has 3 N–H and O–H groups in total. The van der Waals surface area contributed by atoms with E-state index >= 15 is 0 Å². The normalized spacial score (nSPS) is 19.7. The van der Waals surface area contributed by atoms with Crippen LogP contribution in [0.3, 0.4) is 0 Å². The highest BCUT2D eigenvalue weighted by Gasteiger charge is 2.25. The predicted molar refractivity (Wildman–Crippen MR) is 71.6 cm³/mol. The molecule has 5 nitrogen and oxygen atoms in total. The summed E-state index contributed by atoms with van der Waals surface area (Å²) in [7, 11) is 0. The van der Waals surface area contributed by atoms with Crippen LogP contribution in [0.2, 0.25) is 0 Å². The van der Waals surface area contributed by atoms with Crippen LogP contribution in [-0.2, 0) is 16.1 Å². The van der Waals surface area contributed by atoms with Gasteiger partial charge in [0.05, 0.1) is 6.10 Å². The molecular weight excluding hydrogens is 244 g/mol. The van der Waals surface area contributed by atoms with E-state index < -0.39 is 0 Å². The minimum atomic E-state index is -0.00709. The quantitative estimate of drug-likeness (QED) is 0.827. The molecule has 5 heteroatoms. The first kappa shape index (κ1) is 13.8. The number of carbonyl (C=O) groups excluding carboxylic acids is 1. The van der Waals surface area contributed by atoms with E-state index in [-0.39, 0.29) is 24.4 Å². The molecule has 0 aliphatic carbocycles. The van der Waals surface area contributed by atoms with Gasteiger partial charge in [-0.3, -0.25) is 4.79 Å². The van der Waals surface area contributed by atoms with Gasteiger partial charge in [0.1, 0.15) is 12.4 Å². The van der Waals surface area contributed by atoms with Crippen LogP contribution in [0.5, 0.6) is 5.75 Å². The molecule has 104 valence electrons. The van der Waals surface area contributed by atoms with E-state index in [1.54, 1.807) is 23.1 Å². The maximum absolute atomic E-state index is 11.8. The molecule has 1 fully saturated rings. The molecule has 0 bridgehead atoms. The monoisotopic (exact) mass is 264 g/mol. The average molecular weight is 264 g/mol. The first-order valence-corrected chi connectivity index (χ1v) is 6.56. The molecule has 1 heterocycles. The lowest BCUT2D eigenvalue weighted by atomic mass is 10.1. The average Bonchev–Trinajstić information content (AvgIpc) is 2.40. The molecular formula is C14H20N2O3. The summed E-state index contributed by atoms with van der Waals surface area (Å²) in [4.78, 5) is 13.6. The van der Waals surface area contributed by atoms with Crippen LogP contribution >= 0.6 is 0 Å². The SMILES string of the molecule is NCCCC1CN(Cc2cccc(O)c2)C(=O)CO1. The molecule has 19 heavy (non-hydrogen) atoms. The molecule has 1 aromatic carbocycles. The van der Waals surface area contributed by atoms with Crippen molar-refractivity contribution >= 4 is 5.91 Å². The Labute approximate surface area is 113 Å². The first-order valence-electron chi connectivity index (χ1n) is 6.56. The molecule has 1 atom stereocenters. The largest absolute Gasteiger partial charge is 0.508 e. The van der Waals surface area contributed by atoms with Crippen molar-refractivity contribution in [1.82, 2.24) is 4.90 Å². The van der Waals surface area contributed by atoms with E-state index in [1.165, 1.54) is 0 Å². The fourth-order valence-corrected chi connectivity index (χ4v) is 2.23. The standard InChI is InChI=1S/C14H20N2O3/c15-6-2-5-13-9-16(14(18)10-19-13)8-11-3-1-4-12(17)7-11/h1,3-4,7,13,17H,2,5-6,8-10,15H2. The molecule has 1 aliphatic rings. The van der Waals surface area contributed by atoms with Crippen molar-refractivity contribution in [3.8, 4) is 5.75 Å². The van der Waals surface area contributed by atoms with Crippen LogP contribution in [0.1, 0.15) is 18.4 Å². The van der Waals surface area contributed by atoms with Gasteiger partial charge in [0, 0.05) is 13.1 Å². The molecule has 1 unspecified atom stereocenters. The van der Waals surface area contributed by atoms with E-state index in [2.05, 4.69) is 0 Å². The second kappa shape index (κ2) is 6.54. The number of nitrogens with zero attached hydrogens (tertiary/aromatic N) is 1. The summed E-state index contributed by atoms with van der Waals surface area (Å²) in [5.74, 6) is 0.213. The van der Waals surface area contributed by atoms with Crippen LogP contribution < -0.4 is 5.73 Å². The summed E-state index contributed by atoms with van der Waals surface area (Å²) in [5, 5.41) is 9.43. The number of hydrogen-bond acceptors (Lipinski definition) is 4. The number of rotatable bonds is 5. The van der Waals surface area contributed by atoms with Crippen molar-refractivity contribution in [2.24, 2.45) is 5.73 Å². The summed E-state index contributed by atoms with van der Waals surface area (Å²) >= 11 is 0. The number of phenols is 1. The summed E-state index contributed by atoms with van der Waals surface area (Å²) < 4.78 is 5.49. The van der Waals surface area contributed by atoms with Crippen LogP contribution in [0.4, 0.5) is 0 Å².